The number of guanidine groups is 1. The van der Waals surface area contributed by atoms with Crippen molar-refractivity contribution in [3.8, 4) is 17.2 Å². The van der Waals surface area contributed by atoms with Crippen LogP contribution in [0, 0.1) is 0 Å². The van der Waals surface area contributed by atoms with E-state index in [1.165, 1.54) is 0 Å². The monoisotopic (exact) mass is 406 g/mol. The highest BCUT2D eigenvalue weighted by atomic mass is 16.5. The molecule has 29 heavy (non-hydrogen) atoms. The molecule has 1 aliphatic heterocycles. The molecule has 2 rings (SSSR count). The largest absolute Gasteiger partial charge is 0.493 e. The molecule has 7 heteroatoms. The highest BCUT2D eigenvalue weighted by Crippen LogP contribution is 2.39. The highest BCUT2D eigenvalue weighted by molar-refractivity contribution is 5.80. The van der Waals surface area contributed by atoms with E-state index in [0.717, 1.165) is 50.4 Å². The summed E-state index contributed by atoms with van der Waals surface area (Å²) in [6.07, 6.45) is 3.05. The first-order valence-electron chi connectivity index (χ1n) is 10.6. The maximum Gasteiger partial charge on any atom is 0.203 e. The van der Waals surface area contributed by atoms with Crippen molar-refractivity contribution in [1.82, 2.24) is 15.5 Å². The van der Waals surface area contributed by atoms with Crippen LogP contribution in [0.25, 0.3) is 0 Å². The Bertz CT molecular complexity index is 656. The average molecular weight is 407 g/mol. The van der Waals surface area contributed by atoms with E-state index >= 15 is 0 Å². The Morgan fingerprint density at radius 1 is 1.10 bits per heavy atom. The summed E-state index contributed by atoms with van der Waals surface area (Å²) in [5.41, 5.74) is 1.05. The van der Waals surface area contributed by atoms with Gasteiger partial charge in [0.2, 0.25) is 5.75 Å². The number of nitrogens with zero attached hydrogens (tertiary/aromatic N) is 2. The van der Waals surface area contributed by atoms with Crippen molar-refractivity contribution in [3.05, 3.63) is 17.7 Å². The molecule has 0 radical (unpaired) electrons. The molecule has 1 fully saturated rings. The predicted molar refractivity (Wildman–Crippen MR) is 119 cm³/mol. The number of hydrogen-bond donors (Lipinski definition) is 2. The van der Waals surface area contributed by atoms with Gasteiger partial charge in [0.25, 0.3) is 0 Å². The van der Waals surface area contributed by atoms with Crippen molar-refractivity contribution >= 4 is 5.96 Å². The number of benzene rings is 1. The highest BCUT2D eigenvalue weighted by Gasteiger charge is 2.21. The Hall–Kier alpha value is -2.15. The molecule has 0 bridgehead atoms. The zero-order valence-electron chi connectivity index (χ0n) is 18.9. The maximum absolute atomic E-state index is 5.58. The van der Waals surface area contributed by atoms with Gasteiger partial charge in [-0.3, -0.25) is 4.99 Å². The molecule has 0 aromatic heterocycles. The molecular weight excluding hydrogens is 368 g/mol. The lowest BCUT2D eigenvalue weighted by Gasteiger charge is -2.35. The summed E-state index contributed by atoms with van der Waals surface area (Å²) >= 11 is 0. The van der Waals surface area contributed by atoms with Crippen LogP contribution in [-0.2, 0) is 6.42 Å². The number of piperidine rings is 1. The Labute approximate surface area is 175 Å². The van der Waals surface area contributed by atoms with Gasteiger partial charge in [-0.2, -0.15) is 0 Å². The first-order chi connectivity index (χ1) is 14.0. The van der Waals surface area contributed by atoms with E-state index in [1.54, 1.807) is 21.3 Å². The van der Waals surface area contributed by atoms with Crippen LogP contribution in [0.5, 0.6) is 17.2 Å². The molecule has 0 unspecified atom stereocenters. The van der Waals surface area contributed by atoms with Crippen LogP contribution < -0.4 is 24.8 Å². The van der Waals surface area contributed by atoms with E-state index in [2.05, 4.69) is 36.3 Å². The van der Waals surface area contributed by atoms with Crippen molar-refractivity contribution < 1.29 is 14.2 Å². The van der Waals surface area contributed by atoms with E-state index in [1.807, 2.05) is 12.1 Å². The summed E-state index contributed by atoms with van der Waals surface area (Å²) in [7, 11) is 4.90. The molecule has 0 amide bonds. The van der Waals surface area contributed by atoms with Gasteiger partial charge in [-0.05, 0) is 46.1 Å². The number of methoxy groups -OCH3 is 3. The molecule has 1 aromatic rings. The van der Waals surface area contributed by atoms with Gasteiger partial charge in [-0.25, -0.2) is 0 Å². The zero-order chi connectivity index (χ0) is 21.2. The normalized spacial score (nSPS) is 16.0. The molecule has 1 aliphatic rings. The average Bonchev–Trinajstić information content (AvgIpc) is 2.73. The second-order valence-corrected chi connectivity index (χ2v) is 7.55. The van der Waals surface area contributed by atoms with Crippen LogP contribution in [-0.4, -0.2) is 70.5 Å². The standard InChI is InChI=1S/C22H38N4O3/c1-7-23-22(25-18-11-14-26(15-12-18)16(2)3)24-13-10-17-8-9-19(27-4)21(29-6)20(17)28-5/h8-9,16,18H,7,10-15H2,1-6H3,(H2,23,24,25). The lowest BCUT2D eigenvalue weighted by atomic mass is 10.0. The van der Waals surface area contributed by atoms with Crippen molar-refractivity contribution in [2.24, 2.45) is 4.99 Å². The van der Waals surface area contributed by atoms with Crippen molar-refractivity contribution in [2.75, 3.05) is 47.5 Å². The van der Waals surface area contributed by atoms with Crippen LogP contribution in [0.15, 0.2) is 17.1 Å². The van der Waals surface area contributed by atoms with Gasteiger partial charge in [-0.1, -0.05) is 6.07 Å². The fourth-order valence-corrected chi connectivity index (χ4v) is 3.72. The van der Waals surface area contributed by atoms with Crippen LogP contribution >= 0.6 is 0 Å². The summed E-state index contributed by atoms with van der Waals surface area (Å²) < 4.78 is 16.4. The summed E-state index contributed by atoms with van der Waals surface area (Å²) in [6, 6.07) is 5.01. The summed E-state index contributed by atoms with van der Waals surface area (Å²) in [6.45, 7) is 10.4. The van der Waals surface area contributed by atoms with Gasteiger partial charge in [0.05, 0.1) is 21.3 Å². The molecule has 0 aliphatic carbocycles. The number of likely N-dealkylation sites (tertiary alicyclic amines) is 1. The van der Waals surface area contributed by atoms with Gasteiger partial charge in [0.1, 0.15) is 0 Å². The van der Waals surface area contributed by atoms with Gasteiger partial charge < -0.3 is 29.7 Å². The molecule has 1 heterocycles. The fraction of sp³-hybridized carbons (Fsp3) is 0.682. The van der Waals surface area contributed by atoms with Gasteiger partial charge in [0.15, 0.2) is 17.5 Å². The molecule has 2 N–H and O–H groups in total. The maximum atomic E-state index is 5.58. The van der Waals surface area contributed by atoms with Crippen molar-refractivity contribution in [1.29, 1.82) is 0 Å². The summed E-state index contributed by atoms with van der Waals surface area (Å²) in [5, 5.41) is 6.98. The van der Waals surface area contributed by atoms with E-state index < -0.39 is 0 Å². The quantitative estimate of drug-likeness (QED) is 0.486. The van der Waals surface area contributed by atoms with E-state index in [-0.39, 0.29) is 0 Å². The van der Waals surface area contributed by atoms with E-state index in [4.69, 9.17) is 19.2 Å². The first kappa shape index (κ1) is 23.1. The molecule has 1 saturated heterocycles. The summed E-state index contributed by atoms with van der Waals surface area (Å²) in [4.78, 5) is 7.32. The minimum Gasteiger partial charge on any atom is -0.493 e. The topological polar surface area (TPSA) is 67.4 Å². The van der Waals surface area contributed by atoms with Gasteiger partial charge >= 0.3 is 0 Å². The minimum absolute atomic E-state index is 0.471. The van der Waals surface area contributed by atoms with Crippen LogP contribution in [0.2, 0.25) is 0 Å². The number of hydrogen-bond acceptors (Lipinski definition) is 5. The Morgan fingerprint density at radius 2 is 1.79 bits per heavy atom. The van der Waals surface area contributed by atoms with Crippen molar-refractivity contribution in [3.63, 3.8) is 0 Å². The van der Waals surface area contributed by atoms with E-state index in [0.29, 0.717) is 35.9 Å². The molecule has 0 spiro atoms. The van der Waals surface area contributed by atoms with E-state index in [9.17, 15) is 0 Å². The van der Waals surface area contributed by atoms with Crippen molar-refractivity contribution in [2.45, 2.75) is 52.1 Å². The molecular formula is C22H38N4O3. The third-order valence-electron chi connectivity index (χ3n) is 5.38. The minimum atomic E-state index is 0.471. The second-order valence-electron chi connectivity index (χ2n) is 7.55. The Morgan fingerprint density at radius 3 is 2.34 bits per heavy atom. The molecule has 1 aromatic carbocycles. The third-order valence-corrected chi connectivity index (χ3v) is 5.38. The molecule has 0 saturated carbocycles. The molecule has 0 atom stereocenters. The number of rotatable bonds is 9. The number of ether oxygens (including phenoxy) is 3. The van der Waals surface area contributed by atoms with Crippen LogP contribution in [0.4, 0.5) is 0 Å². The smallest absolute Gasteiger partial charge is 0.203 e. The zero-order valence-corrected chi connectivity index (χ0v) is 18.9. The first-order valence-corrected chi connectivity index (χ1v) is 10.6. The number of nitrogens with one attached hydrogen (secondary N) is 2. The summed E-state index contributed by atoms with van der Waals surface area (Å²) in [5.74, 6) is 2.88. The van der Waals surface area contributed by atoms with Crippen LogP contribution in [0.3, 0.4) is 0 Å². The molecule has 7 nitrogen and oxygen atoms in total. The molecule has 164 valence electrons. The lowest BCUT2D eigenvalue weighted by molar-refractivity contribution is 0.167. The number of aliphatic imine (C=N–C) groups is 1. The lowest BCUT2D eigenvalue weighted by Crippen LogP contribution is -2.49. The Balaban J connectivity index is 1.99. The van der Waals surface area contributed by atoms with Gasteiger partial charge in [-0.15, -0.1) is 0 Å². The Kier molecular flexibility index (Phi) is 9.38. The fourth-order valence-electron chi connectivity index (χ4n) is 3.72. The SMILES string of the molecule is CCNC(=NCCc1ccc(OC)c(OC)c1OC)NC1CCN(C(C)C)CC1. The third kappa shape index (κ3) is 6.42. The van der Waals surface area contributed by atoms with Gasteiger partial charge in [0, 0.05) is 43.8 Å². The second kappa shape index (κ2) is 11.8. The van der Waals surface area contributed by atoms with Crippen LogP contribution in [0.1, 0.15) is 39.2 Å². The predicted octanol–water partition coefficient (Wildman–Crippen LogP) is 2.68.